The van der Waals surface area contributed by atoms with Crippen LogP contribution >= 0.6 is 0 Å². The first-order chi connectivity index (χ1) is 27.8. The van der Waals surface area contributed by atoms with Gasteiger partial charge in [-0.25, -0.2) is 4.98 Å². The van der Waals surface area contributed by atoms with Gasteiger partial charge in [-0.15, -0.1) is 0 Å². The lowest BCUT2D eigenvalue weighted by Crippen LogP contribution is -2.12. The van der Waals surface area contributed by atoms with Gasteiger partial charge in [0.2, 0.25) is 5.95 Å². The van der Waals surface area contributed by atoms with Crippen LogP contribution in [0.5, 0.6) is 0 Å². The van der Waals surface area contributed by atoms with E-state index in [4.69, 9.17) is 15.0 Å². The molecule has 0 spiro atoms. The fourth-order valence-electron chi connectivity index (χ4n) is 8.54. The standard InChI is InChI=1S/C51H35N5/c1-6-16-34(17-7-1)38-26-30-45-43(32-38)41-28-29-42-44-33-39(35-18-8-2-9-19-35)27-31-46(44)56(48(42)47(41)55(45)40-24-14-5-15-25-40)51-53-49(36-20-10-3-11-21-36)52-50(54-51)37-22-12-4-13-23-37/h1-27,30-33H,28-29H2. The van der Waals surface area contributed by atoms with Gasteiger partial charge in [-0.1, -0.05) is 152 Å². The fourth-order valence-corrected chi connectivity index (χ4v) is 8.54. The SMILES string of the molecule is c1ccc(-c2ccc3c(c2)c2c(n3-c3ccccc3)-c3c(c4cc(-c5ccccc5)ccc4n3-c3nc(-c4ccccc4)nc(-c4ccccc4)n3)CC2)cc1. The van der Waals surface area contributed by atoms with Gasteiger partial charge in [-0.05, 0) is 82.6 Å². The molecule has 0 bridgehead atoms. The number of para-hydroxylation sites is 1. The number of hydrogen-bond acceptors (Lipinski definition) is 3. The first-order valence-electron chi connectivity index (χ1n) is 19.2. The summed E-state index contributed by atoms with van der Waals surface area (Å²) in [7, 11) is 0. The third-order valence-corrected chi connectivity index (χ3v) is 11.1. The van der Waals surface area contributed by atoms with Crippen LogP contribution < -0.4 is 0 Å². The summed E-state index contributed by atoms with van der Waals surface area (Å²) in [4.78, 5) is 15.7. The molecular weight excluding hydrogens is 683 g/mol. The van der Waals surface area contributed by atoms with Crippen LogP contribution in [-0.2, 0) is 12.8 Å². The minimum absolute atomic E-state index is 0.596. The summed E-state index contributed by atoms with van der Waals surface area (Å²) in [6, 6.07) is 66.4. The summed E-state index contributed by atoms with van der Waals surface area (Å²) >= 11 is 0. The Balaban J connectivity index is 1.26. The molecule has 1 aliphatic rings. The van der Waals surface area contributed by atoms with E-state index in [9.17, 15) is 0 Å². The van der Waals surface area contributed by atoms with Gasteiger partial charge < -0.3 is 4.57 Å². The Morgan fingerprint density at radius 3 is 1.20 bits per heavy atom. The number of rotatable bonds is 6. The van der Waals surface area contributed by atoms with Crippen molar-refractivity contribution in [1.29, 1.82) is 0 Å². The predicted molar refractivity (Wildman–Crippen MR) is 228 cm³/mol. The number of fused-ring (bicyclic) bond motifs is 7. The number of benzene rings is 7. The summed E-state index contributed by atoms with van der Waals surface area (Å²) in [5, 5.41) is 2.48. The quantitative estimate of drug-likeness (QED) is 0.172. The number of hydrogen-bond donors (Lipinski definition) is 0. The van der Waals surface area contributed by atoms with Crippen molar-refractivity contribution in [3.05, 3.63) is 199 Å². The third-order valence-electron chi connectivity index (χ3n) is 11.1. The zero-order valence-electron chi connectivity index (χ0n) is 30.5. The molecule has 5 heteroatoms. The predicted octanol–water partition coefficient (Wildman–Crippen LogP) is 12.2. The van der Waals surface area contributed by atoms with E-state index in [2.05, 4.69) is 161 Å². The molecule has 5 nitrogen and oxygen atoms in total. The molecule has 7 aromatic carbocycles. The van der Waals surface area contributed by atoms with Crippen molar-refractivity contribution in [2.75, 3.05) is 0 Å². The lowest BCUT2D eigenvalue weighted by molar-refractivity contribution is 0.888. The Hall–Kier alpha value is -7.37. The lowest BCUT2D eigenvalue weighted by atomic mass is 9.90. The summed E-state index contributed by atoms with van der Waals surface area (Å²) in [6.45, 7) is 0. The Morgan fingerprint density at radius 1 is 0.339 bits per heavy atom. The molecule has 0 aliphatic heterocycles. The van der Waals surface area contributed by atoms with Crippen molar-refractivity contribution < 1.29 is 0 Å². The molecule has 264 valence electrons. The highest BCUT2D eigenvalue weighted by Crippen LogP contribution is 2.48. The van der Waals surface area contributed by atoms with Gasteiger partial charge in [0.05, 0.1) is 22.4 Å². The van der Waals surface area contributed by atoms with Crippen molar-refractivity contribution in [3.63, 3.8) is 0 Å². The van der Waals surface area contributed by atoms with Gasteiger partial charge in [-0.2, -0.15) is 9.97 Å². The highest BCUT2D eigenvalue weighted by Gasteiger charge is 2.32. The molecule has 10 aromatic rings. The Labute approximate surface area is 324 Å². The molecule has 0 amide bonds. The smallest absolute Gasteiger partial charge is 0.238 e. The molecule has 0 radical (unpaired) electrons. The minimum Gasteiger partial charge on any atom is -0.307 e. The van der Waals surface area contributed by atoms with Crippen LogP contribution in [0.25, 0.3) is 89.9 Å². The van der Waals surface area contributed by atoms with E-state index in [0.29, 0.717) is 17.6 Å². The van der Waals surface area contributed by atoms with Crippen LogP contribution in [0.2, 0.25) is 0 Å². The van der Waals surface area contributed by atoms with Crippen LogP contribution in [0, 0.1) is 0 Å². The molecule has 0 saturated heterocycles. The van der Waals surface area contributed by atoms with E-state index in [1.807, 2.05) is 36.4 Å². The number of aryl methyl sites for hydroxylation is 2. The van der Waals surface area contributed by atoms with E-state index in [1.165, 1.54) is 55.4 Å². The summed E-state index contributed by atoms with van der Waals surface area (Å²) < 4.78 is 4.77. The maximum Gasteiger partial charge on any atom is 0.238 e. The summed E-state index contributed by atoms with van der Waals surface area (Å²) in [5.41, 5.74) is 15.0. The lowest BCUT2D eigenvalue weighted by Gasteiger charge is -2.20. The average Bonchev–Trinajstić information content (AvgIpc) is 3.80. The van der Waals surface area contributed by atoms with Gasteiger partial charge in [0.1, 0.15) is 0 Å². The maximum absolute atomic E-state index is 5.32. The monoisotopic (exact) mass is 717 g/mol. The van der Waals surface area contributed by atoms with E-state index in [0.717, 1.165) is 40.9 Å². The van der Waals surface area contributed by atoms with Gasteiger partial charge in [0.25, 0.3) is 0 Å². The molecule has 0 saturated carbocycles. The molecule has 3 aromatic heterocycles. The van der Waals surface area contributed by atoms with Crippen LogP contribution in [0.4, 0.5) is 0 Å². The molecule has 11 rings (SSSR count). The minimum atomic E-state index is 0.596. The van der Waals surface area contributed by atoms with E-state index in [-0.39, 0.29) is 0 Å². The Kier molecular flexibility index (Phi) is 7.56. The van der Waals surface area contributed by atoms with Crippen LogP contribution in [0.15, 0.2) is 188 Å². The van der Waals surface area contributed by atoms with Crippen molar-refractivity contribution >= 4 is 21.8 Å². The largest absolute Gasteiger partial charge is 0.307 e. The fraction of sp³-hybridized carbons (Fsp3) is 0.0392. The van der Waals surface area contributed by atoms with Gasteiger partial charge in [0.15, 0.2) is 11.6 Å². The van der Waals surface area contributed by atoms with Crippen molar-refractivity contribution in [2.45, 2.75) is 12.8 Å². The second kappa shape index (κ2) is 13.2. The zero-order valence-corrected chi connectivity index (χ0v) is 30.5. The molecule has 0 atom stereocenters. The first kappa shape index (κ1) is 32.1. The normalized spacial score (nSPS) is 12.1. The molecular formula is C51H35N5. The van der Waals surface area contributed by atoms with Crippen LogP contribution in [-0.4, -0.2) is 24.1 Å². The van der Waals surface area contributed by atoms with Crippen LogP contribution in [0.1, 0.15) is 11.1 Å². The van der Waals surface area contributed by atoms with E-state index >= 15 is 0 Å². The van der Waals surface area contributed by atoms with Gasteiger partial charge in [0, 0.05) is 27.6 Å². The molecule has 3 heterocycles. The van der Waals surface area contributed by atoms with Gasteiger partial charge in [-0.3, -0.25) is 4.57 Å². The highest BCUT2D eigenvalue weighted by atomic mass is 15.2. The van der Waals surface area contributed by atoms with E-state index in [1.54, 1.807) is 0 Å². The molecule has 0 fully saturated rings. The summed E-state index contributed by atoms with van der Waals surface area (Å²) in [5.74, 6) is 1.87. The summed E-state index contributed by atoms with van der Waals surface area (Å²) in [6.07, 6.45) is 1.79. The Bertz CT molecular complexity index is 2980. The molecule has 0 N–H and O–H groups in total. The second-order valence-electron chi connectivity index (χ2n) is 14.4. The number of nitrogens with zero attached hydrogens (tertiary/aromatic N) is 5. The zero-order chi connectivity index (χ0) is 37.0. The molecule has 56 heavy (non-hydrogen) atoms. The third kappa shape index (κ3) is 5.28. The Morgan fingerprint density at radius 2 is 0.732 bits per heavy atom. The number of aromatic nitrogens is 5. The topological polar surface area (TPSA) is 48.5 Å². The van der Waals surface area contributed by atoms with E-state index < -0.39 is 0 Å². The average molecular weight is 718 g/mol. The van der Waals surface area contributed by atoms with Crippen molar-refractivity contribution in [3.8, 4) is 68.1 Å². The second-order valence-corrected chi connectivity index (χ2v) is 14.4. The van der Waals surface area contributed by atoms with Crippen molar-refractivity contribution in [2.24, 2.45) is 0 Å². The maximum atomic E-state index is 5.32. The first-order valence-corrected chi connectivity index (χ1v) is 19.2. The van der Waals surface area contributed by atoms with Crippen LogP contribution in [0.3, 0.4) is 0 Å². The molecule has 1 aliphatic carbocycles. The molecule has 0 unspecified atom stereocenters. The van der Waals surface area contributed by atoms with Gasteiger partial charge >= 0.3 is 0 Å². The highest BCUT2D eigenvalue weighted by molar-refractivity contribution is 6.02. The van der Waals surface area contributed by atoms with Crippen molar-refractivity contribution in [1.82, 2.24) is 24.1 Å².